The van der Waals surface area contributed by atoms with Gasteiger partial charge in [-0.15, -0.1) is 10.2 Å². The molecule has 0 saturated carbocycles. The monoisotopic (exact) mass is 368 g/mol. The van der Waals surface area contributed by atoms with Crippen LogP contribution in [0.5, 0.6) is 5.75 Å². The van der Waals surface area contributed by atoms with Gasteiger partial charge in [-0.3, -0.25) is 4.79 Å². The molecule has 0 atom stereocenters. The summed E-state index contributed by atoms with van der Waals surface area (Å²) >= 11 is 5.89. The number of anilines is 3. The maximum absolute atomic E-state index is 12.2. The fourth-order valence-corrected chi connectivity index (χ4v) is 2.42. The summed E-state index contributed by atoms with van der Waals surface area (Å²) in [6.07, 6.45) is 0. The molecule has 1 heterocycles. The lowest BCUT2D eigenvalue weighted by Gasteiger charge is -2.08. The van der Waals surface area contributed by atoms with Crippen LogP contribution in [0.1, 0.15) is 17.3 Å². The Morgan fingerprint density at radius 1 is 1.04 bits per heavy atom. The molecule has 1 aromatic heterocycles. The van der Waals surface area contributed by atoms with E-state index in [2.05, 4.69) is 20.8 Å². The van der Waals surface area contributed by atoms with Gasteiger partial charge in [-0.05, 0) is 61.5 Å². The number of ether oxygens (including phenoxy) is 1. The summed E-state index contributed by atoms with van der Waals surface area (Å²) in [6.45, 7) is 2.56. The Kier molecular flexibility index (Phi) is 5.66. The van der Waals surface area contributed by atoms with E-state index in [-0.39, 0.29) is 5.91 Å². The SMILES string of the molecule is CCOc1ccc(Nc2ccc(NC(=O)c3cccc(Cl)c3)nn2)cc1. The van der Waals surface area contributed by atoms with Gasteiger partial charge in [0.05, 0.1) is 6.61 Å². The van der Waals surface area contributed by atoms with Crippen molar-refractivity contribution >= 4 is 34.8 Å². The Morgan fingerprint density at radius 3 is 2.42 bits per heavy atom. The van der Waals surface area contributed by atoms with Gasteiger partial charge in [0.15, 0.2) is 11.6 Å². The van der Waals surface area contributed by atoms with E-state index in [1.807, 2.05) is 31.2 Å². The first kappa shape index (κ1) is 17.7. The Balaban J connectivity index is 1.62. The number of nitrogens with one attached hydrogen (secondary N) is 2. The van der Waals surface area contributed by atoms with Crippen LogP contribution in [0.3, 0.4) is 0 Å². The van der Waals surface area contributed by atoms with Crippen molar-refractivity contribution in [3.8, 4) is 5.75 Å². The van der Waals surface area contributed by atoms with Crippen LogP contribution in [-0.4, -0.2) is 22.7 Å². The van der Waals surface area contributed by atoms with Crippen LogP contribution in [-0.2, 0) is 0 Å². The van der Waals surface area contributed by atoms with Crippen molar-refractivity contribution in [1.29, 1.82) is 0 Å². The van der Waals surface area contributed by atoms with Gasteiger partial charge in [-0.2, -0.15) is 0 Å². The second-order valence-electron chi connectivity index (χ2n) is 5.35. The van der Waals surface area contributed by atoms with E-state index in [0.717, 1.165) is 11.4 Å². The summed E-state index contributed by atoms with van der Waals surface area (Å²) in [5, 5.41) is 14.4. The third-order valence-corrected chi connectivity index (χ3v) is 3.67. The summed E-state index contributed by atoms with van der Waals surface area (Å²) in [7, 11) is 0. The zero-order chi connectivity index (χ0) is 18.4. The molecule has 0 aliphatic carbocycles. The number of nitrogens with zero attached hydrogens (tertiary/aromatic N) is 2. The average Bonchev–Trinajstić information content (AvgIpc) is 2.65. The van der Waals surface area contributed by atoms with Crippen molar-refractivity contribution in [3.63, 3.8) is 0 Å². The first-order valence-corrected chi connectivity index (χ1v) is 8.42. The number of amides is 1. The summed E-state index contributed by atoms with van der Waals surface area (Å²) in [5.41, 5.74) is 1.31. The summed E-state index contributed by atoms with van der Waals surface area (Å²) in [6, 6.07) is 17.6. The maximum Gasteiger partial charge on any atom is 0.256 e. The number of halogens is 1. The van der Waals surface area contributed by atoms with Crippen molar-refractivity contribution in [2.24, 2.45) is 0 Å². The van der Waals surface area contributed by atoms with E-state index in [0.29, 0.717) is 28.8 Å². The van der Waals surface area contributed by atoms with Crippen LogP contribution in [0.2, 0.25) is 5.02 Å². The topological polar surface area (TPSA) is 76.1 Å². The Bertz CT molecular complexity index is 883. The molecule has 3 aromatic rings. The van der Waals surface area contributed by atoms with Crippen LogP contribution in [0.4, 0.5) is 17.3 Å². The van der Waals surface area contributed by atoms with E-state index in [4.69, 9.17) is 16.3 Å². The number of carbonyl (C=O) groups excluding carboxylic acids is 1. The van der Waals surface area contributed by atoms with Gasteiger partial charge in [0.2, 0.25) is 0 Å². The van der Waals surface area contributed by atoms with Gasteiger partial charge < -0.3 is 15.4 Å². The molecule has 2 N–H and O–H groups in total. The molecular weight excluding hydrogens is 352 g/mol. The van der Waals surface area contributed by atoms with E-state index >= 15 is 0 Å². The van der Waals surface area contributed by atoms with Crippen LogP contribution >= 0.6 is 11.6 Å². The number of hydrogen-bond acceptors (Lipinski definition) is 5. The highest BCUT2D eigenvalue weighted by molar-refractivity contribution is 6.31. The van der Waals surface area contributed by atoms with Crippen LogP contribution in [0.15, 0.2) is 60.7 Å². The number of hydrogen-bond donors (Lipinski definition) is 2. The summed E-state index contributed by atoms with van der Waals surface area (Å²) in [5.74, 6) is 1.43. The molecule has 2 aromatic carbocycles. The third kappa shape index (κ3) is 4.70. The molecule has 0 aliphatic rings. The molecule has 6 nitrogen and oxygen atoms in total. The molecule has 0 bridgehead atoms. The molecule has 0 radical (unpaired) electrons. The zero-order valence-electron chi connectivity index (χ0n) is 14.1. The molecular formula is C19H17ClN4O2. The highest BCUT2D eigenvalue weighted by Gasteiger charge is 2.08. The van der Waals surface area contributed by atoms with Crippen molar-refractivity contribution in [2.75, 3.05) is 17.2 Å². The highest BCUT2D eigenvalue weighted by Crippen LogP contribution is 2.19. The summed E-state index contributed by atoms with van der Waals surface area (Å²) in [4.78, 5) is 12.2. The van der Waals surface area contributed by atoms with Crippen LogP contribution in [0, 0.1) is 0 Å². The quantitative estimate of drug-likeness (QED) is 0.668. The zero-order valence-corrected chi connectivity index (χ0v) is 14.8. The molecule has 1 amide bonds. The fourth-order valence-electron chi connectivity index (χ4n) is 2.23. The van der Waals surface area contributed by atoms with E-state index in [9.17, 15) is 4.79 Å². The van der Waals surface area contributed by atoms with Crippen LogP contribution in [0.25, 0.3) is 0 Å². The molecule has 26 heavy (non-hydrogen) atoms. The number of rotatable bonds is 6. The second-order valence-corrected chi connectivity index (χ2v) is 5.79. The lowest BCUT2D eigenvalue weighted by molar-refractivity contribution is 0.102. The van der Waals surface area contributed by atoms with E-state index < -0.39 is 0 Å². The minimum atomic E-state index is -0.297. The summed E-state index contributed by atoms with van der Waals surface area (Å²) < 4.78 is 5.40. The molecule has 0 fully saturated rings. The Morgan fingerprint density at radius 2 is 1.77 bits per heavy atom. The first-order chi connectivity index (χ1) is 12.6. The normalized spacial score (nSPS) is 10.2. The maximum atomic E-state index is 12.2. The highest BCUT2D eigenvalue weighted by atomic mass is 35.5. The van der Waals surface area contributed by atoms with Crippen molar-refractivity contribution < 1.29 is 9.53 Å². The largest absolute Gasteiger partial charge is 0.494 e. The van der Waals surface area contributed by atoms with Gasteiger partial charge in [-0.25, -0.2) is 0 Å². The predicted octanol–water partition coefficient (Wildman–Crippen LogP) is 4.52. The van der Waals surface area contributed by atoms with Gasteiger partial charge in [-0.1, -0.05) is 17.7 Å². The fraction of sp³-hybridized carbons (Fsp3) is 0.105. The van der Waals surface area contributed by atoms with Crippen molar-refractivity contribution in [3.05, 3.63) is 71.2 Å². The number of benzene rings is 2. The van der Waals surface area contributed by atoms with Gasteiger partial charge >= 0.3 is 0 Å². The minimum Gasteiger partial charge on any atom is -0.494 e. The molecule has 0 spiro atoms. The average molecular weight is 369 g/mol. The predicted molar refractivity (Wildman–Crippen MR) is 102 cm³/mol. The van der Waals surface area contributed by atoms with Crippen molar-refractivity contribution in [1.82, 2.24) is 10.2 Å². The molecule has 7 heteroatoms. The molecule has 0 saturated heterocycles. The van der Waals surface area contributed by atoms with Crippen molar-refractivity contribution in [2.45, 2.75) is 6.92 Å². The lowest BCUT2D eigenvalue weighted by atomic mass is 10.2. The standard InChI is InChI=1S/C19H17ClN4O2/c1-2-26-16-8-6-15(7-9-16)21-17-10-11-18(24-23-17)22-19(25)13-4-3-5-14(20)12-13/h3-12H,2H2,1H3,(H,21,23)(H,22,24,25). The van der Waals surface area contributed by atoms with E-state index in [1.165, 1.54) is 0 Å². The lowest BCUT2D eigenvalue weighted by Crippen LogP contribution is -2.13. The molecule has 3 rings (SSSR count). The van der Waals surface area contributed by atoms with Crippen LogP contribution < -0.4 is 15.4 Å². The van der Waals surface area contributed by atoms with Gasteiger partial charge in [0.25, 0.3) is 5.91 Å². The number of carbonyl (C=O) groups is 1. The third-order valence-electron chi connectivity index (χ3n) is 3.43. The Labute approximate surface area is 156 Å². The first-order valence-electron chi connectivity index (χ1n) is 8.04. The number of aromatic nitrogens is 2. The second kappa shape index (κ2) is 8.31. The van der Waals surface area contributed by atoms with Gasteiger partial charge in [0, 0.05) is 16.3 Å². The Hall–Kier alpha value is -3.12. The molecule has 0 aliphatic heterocycles. The molecule has 0 unspecified atom stereocenters. The van der Waals surface area contributed by atoms with Gasteiger partial charge in [0.1, 0.15) is 5.75 Å². The van der Waals surface area contributed by atoms with E-state index in [1.54, 1.807) is 36.4 Å². The smallest absolute Gasteiger partial charge is 0.256 e. The minimum absolute atomic E-state index is 0.297. The molecule has 132 valence electrons.